The number of aliphatic hydroxyl groups is 1. The molecule has 1 aromatic heterocycles. The fraction of sp³-hybridized carbons (Fsp3) is 0.500. The van der Waals surface area contributed by atoms with Crippen LogP contribution >= 0.6 is 47.1 Å². The van der Waals surface area contributed by atoms with Gasteiger partial charge in [-0.1, -0.05) is 125 Å². The van der Waals surface area contributed by atoms with Crippen LogP contribution in [0, 0.1) is 17.8 Å². The van der Waals surface area contributed by atoms with Gasteiger partial charge in [0.25, 0.3) is 25.8 Å². The zero-order valence-corrected chi connectivity index (χ0v) is 68.1. The van der Waals surface area contributed by atoms with E-state index >= 15 is 0 Å². The minimum absolute atomic E-state index is 0. The Hall–Kier alpha value is -7.12. The Kier molecular flexibility index (Phi) is 30.9. The number of aryl methyl sites for hydroxylation is 1. The molecule has 5 amide bonds. The Balaban J connectivity index is 0.0000139. The van der Waals surface area contributed by atoms with Gasteiger partial charge in [0, 0.05) is 118 Å². The Bertz CT molecular complexity index is 4370. The standard InChI is InChI=1S/C80H102ClF3N10O11S4.ClH/c1-54(56-20-22-58(23-21-56)73-55(2)86-53-107-73)87-76(99)69-46-64(95)50-94(69)77(100)74(78(3,4)5)89-72(97)19-15-10-8-7-9-14-18-71(96)85-52-79(6)36-34-67(57-24-28-61(81)29-25-57)60(48-79)49-92-38-40-93(41-39-92)63-30-26-59(27-31-63)75(98)90-109(103,104)66-32-33-68(70(47-66)108(101,102)80(82,83)84)88-62(35-37-91-42-44-105-45-43-91)51-106-65-16-12-11-13-17-65;/h11-13,16-17,20-33,47,53-54,62,64,69,74,88,95H,7-10,14-15,18-19,34-46,48-52H2,1-6H3,(H,85,96)(H,87,99)(H,89,97)(H,90,98);1H. The molecule has 0 saturated carbocycles. The van der Waals surface area contributed by atoms with E-state index < -0.39 is 82.3 Å². The van der Waals surface area contributed by atoms with Crippen molar-refractivity contribution in [2.45, 2.75) is 175 Å². The summed E-state index contributed by atoms with van der Waals surface area (Å²) in [4.78, 5) is 80.8. The number of piperazine rings is 1. The van der Waals surface area contributed by atoms with E-state index in [1.54, 1.807) is 23.5 Å². The number of halogens is 5. The van der Waals surface area contributed by atoms with Crippen LogP contribution in [0.5, 0.6) is 0 Å². The molecule has 3 fully saturated rings. The second-order valence-electron chi connectivity index (χ2n) is 30.4. The monoisotopic (exact) mass is 1630 g/mol. The number of amides is 5. The maximum absolute atomic E-state index is 14.4. The highest BCUT2D eigenvalue weighted by atomic mass is 35.5. The number of allylic oxidation sites excluding steroid dienone is 1. The molecule has 30 heteroatoms. The van der Waals surface area contributed by atoms with Crippen molar-refractivity contribution in [1.29, 1.82) is 0 Å². The molecule has 10 rings (SSSR count). The number of carbonyl (C=O) groups is 5. The number of rotatable bonds is 33. The van der Waals surface area contributed by atoms with E-state index in [0.717, 1.165) is 101 Å². The van der Waals surface area contributed by atoms with Gasteiger partial charge in [-0.15, -0.1) is 35.5 Å². The van der Waals surface area contributed by atoms with Crippen molar-refractivity contribution in [3.8, 4) is 10.4 Å². The average Bonchev–Trinajstić information content (AvgIpc) is 0.893. The van der Waals surface area contributed by atoms with Crippen LogP contribution in [0.2, 0.25) is 5.02 Å². The number of ether oxygens (including phenoxy) is 1. The number of nitrogens with zero attached hydrogens (tertiary/aromatic N) is 5. The second-order valence-corrected chi connectivity index (χ2v) is 36.4. The van der Waals surface area contributed by atoms with Crippen molar-refractivity contribution in [3.05, 3.63) is 160 Å². The second kappa shape index (κ2) is 39.1. The first kappa shape index (κ1) is 86.9. The van der Waals surface area contributed by atoms with Gasteiger partial charge in [0.1, 0.15) is 17.0 Å². The van der Waals surface area contributed by atoms with Gasteiger partial charge in [-0.2, -0.15) is 13.2 Å². The molecule has 0 radical (unpaired) electrons. The number of thioether (sulfide) groups is 1. The third kappa shape index (κ3) is 23.7. The van der Waals surface area contributed by atoms with E-state index in [4.69, 9.17) is 16.3 Å². The van der Waals surface area contributed by atoms with Crippen LogP contribution in [-0.4, -0.2) is 185 Å². The smallest absolute Gasteiger partial charge is 0.391 e. The van der Waals surface area contributed by atoms with E-state index in [9.17, 15) is 59.1 Å². The molecular formula is C80H103Cl2F3N10O11S4. The van der Waals surface area contributed by atoms with E-state index in [2.05, 4.69) is 60.0 Å². The zero-order valence-electron chi connectivity index (χ0n) is 63.2. The molecule has 110 heavy (non-hydrogen) atoms. The molecule has 3 aliphatic heterocycles. The summed E-state index contributed by atoms with van der Waals surface area (Å²) >= 11 is 9.36. The van der Waals surface area contributed by atoms with Gasteiger partial charge in [0.05, 0.1) is 52.0 Å². The summed E-state index contributed by atoms with van der Waals surface area (Å²) in [6.07, 6.45) is 7.47. The lowest BCUT2D eigenvalue weighted by Gasteiger charge is -2.41. The molecule has 6 unspecified atom stereocenters. The molecule has 598 valence electrons. The van der Waals surface area contributed by atoms with Crippen molar-refractivity contribution < 1.29 is 63.8 Å². The lowest BCUT2D eigenvalue weighted by molar-refractivity contribution is -0.144. The molecule has 4 heterocycles. The van der Waals surface area contributed by atoms with Crippen molar-refractivity contribution in [1.82, 2.24) is 40.4 Å². The number of aromatic nitrogens is 1. The number of carbonyl (C=O) groups excluding carboxylic acids is 5. The van der Waals surface area contributed by atoms with Crippen LogP contribution in [0.25, 0.3) is 16.0 Å². The number of sulfone groups is 1. The Morgan fingerprint density at radius 3 is 2.07 bits per heavy atom. The predicted octanol–water partition coefficient (Wildman–Crippen LogP) is 13.3. The number of nitrogens with one attached hydrogen (secondary N) is 5. The first-order chi connectivity index (χ1) is 51.8. The van der Waals surface area contributed by atoms with Gasteiger partial charge in [-0.3, -0.25) is 33.8 Å². The SMILES string of the molecule is Cc1ncsc1-c1ccc(C(C)NC(=O)C2CC(O)CN2C(=O)C(NC(=O)CCCCCCCCC(=O)NCC2(C)CCC(c3ccc(Cl)cc3)=C(CN3CCN(c4ccc(C(=O)NS(=O)(=O)c5ccc(NC(CCN6CCOCC6)CSc6ccccc6)c(S(=O)(=O)C(F)(F)F)c5)cc4)CC3)C2)C(C)(C)C)cc1.Cl. The lowest BCUT2D eigenvalue weighted by Crippen LogP contribution is -2.57. The van der Waals surface area contributed by atoms with Crippen LogP contribution in [0.3, 0.4) is 0 Å². The molecular weight excluding hydrogens is 1530 g/mol. The van der Waals surface area contributed by atoms with E-state index in [0.29, 0.717) is 108 Å². The zero-order chi connectivity index (χ0) is 78.3. The maximum Gasteiger partial charge on any atom is 0.501 e. The number of β-amino-alcohol motifs (C(OH)–C–C–N with tert-alkyl or cyclic N) is 1. The third-order valence-corrected chi connectivity index (χ3v) is 26.1. The number of benzene rings is 5. The fourth-order valence-corrected chi connectivity index (χ4v) is 18.4. The van der Waals surface area contributed by atoms with Gasteiger partial charge < -0.3 is 40.9 Å². The molecule has 0 bridgehead atoms. The number of hydrogen-bond donors (Lipinski definition) is 6. The fourth-order valence-electron chi connectivity index (χ4n) is 14.5. The highest BCUT2D eigenvalue weighted by Crippen LogP contribution is 2.44. The molecule has 4 aliphatic rings. The highest BCUT2D eigenvalue weighted by molar-refractivity contribution is 7.99. The minimum Gasteiger partial charge on any atom is -0.391 e. The molecule has 3 saturated heterocycles. The molecule has 21 nitrogen and oxygen atoms in total. The lowest BCUT2D eigenvalue weighted by atomic mass is 9.71. The molecule has 6 N–H and O–H groups in total. The van der Waals surface area contributed by atoms with Crippen molar-refractivity contribution in [2.24, 2.45) is 10.8 Å². The van der Waals surface area contributed by atoms with Crippen LogP contribution < -0.4 is 30.9 Å². The Morgan fingerprint density at radius 1 is 0.791 bits per heavy atom. The number of sulfonamides is 1. The van der Waals surface area contributed by atoms with Gasteiger partial charge in [0.2, 0.25) is 23.6 Å². The van der Waals surface area contributed by atoms with Crippen LogP contribution in [-0.2, 0) is 43.8 Å². The number of likely N-dealkylation sites (tertiary alicyclic amines) is 1. The molecule has 0 spiro atoms. The minimum atomic E-state index is -6.11. The van der Waals surface area contributed by atoms with Crippen LogP contribution in [0.4, 0.5) is 24.5 Å². The summed E-state index contributed by atoms with van der Waals surface area (Å²) in [6, 6.07) is 31.1. The maximum atomic E-state index is 14.4. The van der Waals surface area contributed by atoms with Crippen molar-refractivity contribution in [2.75, 3.05) is 94.6 Å². The van der Waals surface area contributed by atoms with Gasteiger partial charge in [0.15, 0.2) is 0 Å². The first-order valence-corrected chi connectivity index (χ1v) is 42.7. The summed E-state index contributed by atoms with van der Waals surface area (Å²) in [6.45, 7) is 18.4. The molecule has 5 aromatic carbocycles. The largest absolute Gasteiger partial charge is 0.501 e. The number of hydrogen-bond acceptors (Lipinski definition) is 18. The molecule has 6 aromatic rings. The van der Waals surface area contributed by atoms with Crippen molar-refractivity contribution in [3.63, 3.8) is 0 Å². The normalized spacial score (nSPS) is 19.1. The average molecular weight is 1640 g/mol. The van der Waals surface area contributed by atoms with Gasteiger partial charge in [-0.25, -0.2) is 26.5 Å². The van der Waals surface area contributed by atoms with Crippen LogP contribution in [0.15, 0.2) is 147 Å². The summed E-state index contributed by atoms with van der Waals surface area (Å²) in [5.41, 5.74) is 1.98. The first-order valence-electron chi connectivity index (χ1n) is 37.5. The number of unbranched alkanes of at least 4 members (excludes halogenated alkanes) is 5. The number of morpholine rings is 1. The molecule has 1 aliphatic carbocycles. The number of anilines is 2. The molecule has 6 atom stereocenters. The highest BCUT2D eigenvalue weighted by Gasteiger charge is 2.49. The van der Waals surface area contributed by atoms with E-state index in [1.807, 2.05) is 112 Å². The number of thiazole rings is 1. The summed E-state index contributed by atoms with van der Waals surface area (Å²) in [7, 11) is -11.0. The van der Waals surface area contributed by atoms with Crippen LogP contribution in [0.1, 0.15) is 151 Å². The summed E-state index contributed by atoms with van der Waals surface area (Å²) in [5, 5.41) is 23.7. The number of alkyl halides is 3. The quantitative estimate of drug-likeness (QED) is 0.0165. The van der Waals surface area contributed by atoms with Gasteiger partial charge >= 0.3 is 5.51 Å². The summed E-state index contributed by atoms with van der Waals surface area (Å²) in [5.74, 6) is -1.76. The topological polar surface area (TPSA) is 269 Å². The summed E-state index contributed by atoms with van der Waals surface area (Å²) < 4.78 is 105. The Labute approximate surface area is 664 Å². The van der Waals surface area contributed by atoms with Crippen molar-refractivity contribution >= 4 is 113 Å². The van der Waals surface area contributed by atoms with E-state index in [1.165, 1.54) is 39.9 Å². The Morgan fingerprint density at radius 2 is 1.44 bits per heavy atom. The number of aliphatic hydroxyl groups excluding tert-OH is 1. The van der Waals surface area contributed by atoms with Gasteiger partial charge in [-0.05, 0) is 152 Å². The third-order valence-electron chi connectivity index (χ3n) is 20.9. The predicted molar refractivity (Wildman–Crippen MR) is 430 cm³/mol. The van der Waals surface area contributed by atoms with E-state index in [-0.39, 0.29) is 66.5 Å².